The molecule has 0 radical (unpaired) electrons. The first-order chi connectivity index (χ1) is 13.6. The zero-order valence-corrected chi connectivity index (χ0v) is 19.4. The van der Waals surface area contributed by atoms with Gasteiger partial charge in [-0.2, -0.15) is 0 Å². The molecule has 1 N–H and O–H groups in total. The summed E-state index contributed by atoms with van der Waals surface area (Å²) < 4.78 is 5.32. The number of carbonyl (C=O) groups excluding carboxylic acids is 1. The fraction of sp³-hybridized carbons (Fsp3) is 0.960. The van der Waals surface area contributed by atoms with E-state index in [0.29, 0.717) is 18.9 Å². The van der Waals surface area contributed by atoms with Crippen molar-refractivity contribution in [3.05, 3.63) is 0 Å². The second kappa shape index (κ2) is 21.1. The van der Waals surface area contributed by atoms with Crippen LogP contribution in [0, 0.1) is 11.8 Å². The minimum absolute atomic E-state index is 0.0880. The number of hydrogen-bond acceptors (Lipinski definition) is 3. The molecule has 0 unspecified atom stereocenters. The summed E-state index contributed by atoms with van der Waals surface area (Å²) in [6.45, 7) is 6.99. The van der Waals surface area contributed by atoms with E-state index in [1.54, 1.807) is 0 Å². The van der Waals surface area contributed by atoms with Crippen LogP contribution in [0.15, 0.2) is 0 Å². The van der Waals surface area contributed by atoms with E-state index in [0.717, 1.165) is 19.3 Å². The molecule has 0 heterocycles. The van der Waals surface area contributed by atoms with Crippen LogP contribution in [0.4, 0.5) is 0 Å². The molecule has 0 aromatic carbocycles. The van der Waals surface area contributed by atoms with Crippen LogP contribution < -0.4 is 0 Å². The number of aliphatic hydroxyl groups is 1. The lowest BCUT2D eigenvalue weighted by Crippen LogP contribution is -2.19. The molecule has 0 aromatic rings. The van der Waals surface area contributed by atoms with E-state index in [1.807, 2.05) is 0 Å². The maximum absolute atomic E-state index is 11.8. The molecule has 3 heteroatoms. The van der Waals surface area contributed by atoms with Gasteiger partial charge in [-0.1, -0.05) is 111 Å². The van der Waals surface area contributed by atoms with Gasteiger partial charge < -0.3 is 9.84 Å². The molecule has 1 atom stereocenters. The molecule has 0 fully saturated rings. The lowest BCUT2D eigenvalue weighted by atomic mass is 9.99. The molecule has 0 rings (SSSR count). The van der Waals surface area contributed by atoms with E-state index in [9.17, 15) is 9.90 Å². The lowest BCUT2D eigenvalue weighted by molar-refractivity contribution is -0.145. The number of unbranched alkanes of at least 4 members (excludes halogenated alkanes) is 14. The van der Waals surface area contributed by atoms with Crippen LogP contribution in [-0.4, -0.2) is 24.3 Å². The standard InChI is InChI=1S/C25H50O3/c1-4-5-6-7-8-9-10-11-12-13-14-15-16-17-18-19-25(27)28-22-24(21-26)20-23(2)3/h23-24,26H,4-22H2,1-3H3/t24-/m1/s1. The van der Waals surface area contributed by atoms with Gasteiger partial charge in [0, 0.05) is 18.9 Å². The molecule has 168 valence electrons. The number of rotatable bonds is 21. The van der Waals surface area contributed by atoms with Crippen molar-refractivity contribution in [1.29, 1.82) is 0 Å². The summed E-state index contributed by atoms with van der Waals surface area (Å²) in [5.41, 5.74) is 0. The van der Waals surface area contributed by atoms with Crippen molar-refractivity contribution in [2.45, 2.75) is 130 Å². The zero-order valence-electron chi connectivity index (χ0n) is 19.4. The maximum Gasteiger partial charge on any atom is 0.305 e. The summed E-state index contributed by atoms with van der Waals surface area (Å²) in [5.74, 6) is 0.508. The fourth-order valence-electron chi connectivity index (χ4n) is 3.79. The van der Waals surface area contributed by atoms with Crippen molar-refractivity contribution < 1.29 is 14.6 Å². The third kappa shape index (κ3) is 20.2. The highest BCUT2D eigenvalue weighted by Gasteiger charge is 2.12. The van der Waals surface area contributed by atoms with Gasteiger partial charge in [0.05, 0.1) is 6.61 Å². The average molecular weight is 399 g/mol. The van der Waals surface area contributed by atoms with E-state index in [2.05, 4.69) is 20.8 Å². The Balaban J connectivity index is 3.29. The smallest absolute Gasteiger partial charge is 0.305 e. The molecular formula is C25H50O3. The van der Waals surface area contributed by atoms with Crippen LogP contribution in [0.1, 0.15) is 130 Å². The summed E-state index contributed by atoms with van der Waals surface area (Å²) in [6, 6.07) is 0. The SMILES string of the molecule is CCCCCCCCCCCCCCCCCC(=O)OC[C@@H](CO)CC(C)C. The van der Waals surface area contributed by atoms with Crippen LogP contribution in [0.25, 0.3) is 0 Å². The summed E-state index contributed by atoms with van der Waals surface area (Å²) in [6.07, 6.45) is 21.4. The quantitative estimate of drug-likeness (QED) is 0.161. The van der Waals surface area contributed by atoms with Crippen molar-refractivity contribution >= 4 is 5.97 Å². The van der Waals surface area contributed by atoms with E-state index in [1.165, 1.54) is 83.5 Å². The van der Waals surface area contributed by atoms with Crippen LogP contribution in [-0.2, 0) is 9.53 Å². The number of esters is 1. The number of ether oxygens (including phenoxy) is 1. The normalized spacial score (nSPS) is 12.5. The second-order valence-corrected chi connectivity index (χ2v) is 9.06. The Morgan fingerprint density at radius 2 is 1.18 bits per heavy atom. The first kappa shape index (κ1) is 27.4. The molecule has 28 heavy (non-hydrogen) atoms. The van der Waals surface area contributed by atoms with Crippen molar-refractivity contribution in [3.8, 4) is 0 Å². The minimum Gasteiger partial charge on any atom is -0.465 e. The van der Waals surface area contributed by atoms with Crippen LogP contribution in [0.5, 0.6) is 0 Å². The Morgan fingerprint density at radius 3 is 1.57 bits per heavy atom. The van der Waals surface area contributed by atoms with Gasteiger partial charge in [0.2, 0.25) is 0 Å². The van der Waals surface area contributed by atoms with E-state index in [-0.39, 0.29) is 18.5 Å². The summed E-state index contributed by atoms with van der Waals surface area (Å²) in [4.78, 5) is 11.8. The summed E-state index contributed by atoms with van der Waals surface area (Å²) in [5, 5.41) is 9.31. The van der Waals surface area contributed by atoms with Gasteiger partial charge in [-0.3, -0.25) is 4.79 Å². The average Bonchev–Trinajstić information content (AvgIpc) is 2.67. The van der Waals surface area contributed by atoms with Gasteiger partial charge in [0.25, 0.3) is 0 Å². The highest BCUT2D eigenvalue weighted by atomic mass is 16.5. The topological polar surface area (TPSA) is 46.5 Å². The Kier molecular flexibility index (Phi) is 20.7. The first-order valence-corrected chi connectivity index (χ1v) is 12.4. The van der Waals surface area contributed by atoms with Crippen molar-refractivity contribution in [1.82, 2.24) is 0 Å². The van der Waals surface area contributed by atoms with Crippen LogP contribution in [0.2, 0.25) is 0 Å². The molecule has 0 saturated carbocycles. The molecule has 0 aliphatic heterocycles. The molecule has 0 spiro atoms. The Labute approximate surface area is 176 Å². The highest BCUT2D eigenvalue weighted by molar-refractivity contribution is 5.69. The second-order valence-electron chi connectivity index (χ2n) is 9.06. The van der Waals surface area contributed by atoms with Gasteiger partial charge in [-0.15, -0.1) is 0 Å². The molecule has 3 nitrogen and oxygen atoms in total. The third-order valence-electron chi connectivity index (χ3n) is 5.53. The first-order valence-electron chi connectivity index (χ1n) is 12.4. The molecule has 0 saturated heterocycles. The molecule has 0 amide bonds. The highest BCUT2D eigenvalue weighted by Crippen LogP contribution is 2.15. The summed E-state index contributed by atoms with van der Waals surface area (Å²) in [7, 11) is 0. The Morgan fingerprint density at radius 1 is 0.750 bits per heavy atom. The Hall–Kier alpha value is -0.570. The predicted octanol–water partition coefficient (Wildman–Crippen LogP) is 7.45. The van der Waals surface area contributed by atoms with Crippen molar-refractivity contribution in [3.63, 3.8) is 0 Å². The third-order valence-corrected chi connectivity index (χ3v) is 5.53. The predicted molar refractivity (Wildman–Crippen MR) is 121 cm³/mol. The number of aliphatic hydroxyl groups excluding tert-OH is 1. The minimum atomic E-state index is -0.100. The van der Waals surface area contributed by atoms with Gasteiger partial charge >= 0.3 is 5.97 Å². The largest absolute Gasteiger partial charge is 0.465 e. The molecular weight excluding hydrogens is 348 g/mol. The van der Waals surface area contributed by atoms with E-state index in [4.69, 9.17) is 4.74 Å². The van der Waals surface area contributed by atoms with Crippen molar-refractivity contribution in [2.24, 2.45) is 11.8 Å². The number of carbonyl (C=O) groups is 1. The fourth-order valence-corrected chi connectivity index (χ4v) is 3.79. The number of hydrogen-bond donors (Lipinski definition) is 1. The molecule has 0 aromatic heterocycles. The van der Waals surface area contributed by atoms with E-state index < -0.39 is 0 Å². The van der Waals surface area contributed by atoms with Crippen LogP contribution in [0.3, 0.4) is 0 Å². The molecule has 0 aliphatic rings. The van der Waals surface area contributed by atoms with Crippen molar-refractivity contribution in [2.75, 3.05) is 13.2 Å². The summed E-state index contributed by atoms with van der Waals surface area (Å²) >= 11 is 0. The monoisotopic (exact) mass is 398 g/mol. The van der Waals surface area contributed by atoms with Crippen LogP contribution >= 0.6 is 0 Å². The van der Waals surface area contributed by atoms with E-state index >= 15 is 0 Å². The molecule has 0 aliphatic carbocycles. The van der Waals surface area contributed by atoms with Gasteiger partial charge in [0.15, 0.2) is 0 Å². The Bertz CT molecular complexity index is 328. The lowest BCUT2D eigenvalue weighted by Gasteiger charge is -2.16. The zero-order chi connectivity index (χ0) is 20.9. The van der Waals surface area contributed by atoms with Gasteiger partial charge in [-0.05, 0) is 18.8 Å². The van der Waals surface area contributed by atoms with Gasteiger partial charge in [0.1, 0.15) is 0 Å². The van der Waals surface area contributed by atoms with Gasteiger partial charge in [-0.25, -0.2) is 0 Å². The maximum atomic E-state index is 11.8. The molecule has 0 bridgehead atoms.